The van der Waals surface area contributed by atoms with E-state index in [1.165, 1.54) is 19.3 Å². The van der Waals surface area contributed by atoms with Crippen molar-refractivity contribution in [2.75, 3.05) is 13.1 Å². The standard InChI is InChI=1S/C10H16N2OS/c11-9(14)4-10(13)12-5-7-2-1-3-8(7)6-12/h7-8H,1-6H2,(H2,11,14). The molecular formula is C10H16N2OS. The van der Waals surface area contributed by atoms with Crippen molar-refractivity contribution in [2.45, 2.75) is 25.7 Å². The maximum atomic E-state index is 11.6. The van der Waals surface area contributed by atoms with Gasteiger partial charge in [-0.15, -0.1) is 0 Å². The molecular weight excluding hydrogens is 196 g/mol. The summed E-state index contributed by atoms with van der Waals surface area (Å²) in [4.78, 5) is 13.9. The minimum Gasteiger partial charge on any atom is -0.393 e. The Hall–Kier alpha value is -0.640. The molecule has 3 nitrogen and oxygen atoms in total. The first-order valence-corrected chi connectivity index (χ1v) is 5.63. The van der Waals surface area contributed by atoms with Gasteiger partial charge in [-0.25, -0.2) is 0 Å². The molecule has 1 aliphatic carbocycles. The Morgan fingerprint density at radius 1 is 1.36 bits per heavy atom. The first-order chi connectivity index (χ1) is 6.66. The Balaban J connectivity index is 1.89. The molecule has 78 valence electrons. The Morgan fingerprint density at radius 3 is 2.43 bits per heavy atom. The largest absolute Gasteiger partial charge is 0.393 e. The van der Waals surface area contributed by atoms with Crippen molar-refractivity contribution in [3.63, 3.8) is 0 Å². The van der Waals surface area contributed by atoms with E-state index < -0.39 is 0 Å². The molecule has 14 heavy (non-hydrogen) atoms. The molecule has 0 aromatic heterocycles. The third kappa shape index (κ3) is 1.90. The van der Waals surface area contributed by atoms with Gasteiger partial charge in [-0.1, -0.05) is 18.6 Å². The number of hydrogen-bond acceptors (Lipinski definition) is 2. The Bertz CT molecular complexity index is 255. The van der Waals surface area contributed by atoms with Crippen molar-refractivity contribution in [3.05, 3.63) is 0 Å². The lowest BCUT2D eigenvalue weighted by molar-refractivity contribution is -0.129. The van der Waals surface area contributed by atoms with E-state index in [9.17, 15) is 4.79 Å². The number of carbonyl (C=O) groups is 1. The topological polar surface area (TPSA) is 46.3 Å². The highest BCUT2D eigenvalue weighted by atomic mass is 32.1. The van der Waals surface area contributed by atoms with E-state index in [0.29, 0.717) is 4.99 Å². The van der Waals surface area contributed by atoms with E-state index in [1.54, 1.807) is 0 Å². The predicted octanol–water partition coefficient (Wildman–Crippen LogP) is 0.921. The minimum absolute atomic E-state index is 0.117. The zero-order valence-corrected chi connectivity index (χ0v) is 9.05. The van der Waals surface area contributed by atoms with Crippen molar-refractivity contribution < 1.29 is 4.79 Å². The number of nitrogens with two attached hydrogens (primary N) is 1. The van der Waals surface area contributed by atoms with Gasteiger partial charge in [-0.2, -0.15) is 0 Å². The predicted molar refractivity (Wildman–Crippen MR) is 58.8 cm³/mol. The summed E-state index contributed by atoms with van der Waals surface area (Å²) < 4.78 is 0. The molecule has 2 aliphatic rings. The third-order valence-corrected chi connectivity index (χ3v) is 3.55. The highest BCUT2D eigenvalue weighted by Crippen LogP contribution is 2.37. The molecule has 0 bridgehead atoms. The second-order valence-electron chi connectivity index (χ2n) is 4.39. The summed E-state index contributed by atoms with van der Waals surface area (Å²) in [5.74, 6) is 1.63. The highest BCUT2D eigenvalue weighted by Gasteiger charge is 2.37. The summed E-state index contributed by atoms with van der Waals surface area (Å²) in [6.07, 6.45) is 4.17. The van der Waals surface area contributed by atoms with Crippen LogP contribution in [0.2, 0.25) is 0 Å². The van der Waals surface area contributed by atoms with E-state index in [0.717, 1.165) is 24.9 Å². The Kier molecular flexibility index (Phi) is 2.72. The third-order valence-electron chi connectivity index (χ3n) is 3.40. The number of amides is 1. The van der Waals surface area contributed by atoms with Gasteiger partial charge in [0, 0.05) is 13.1 Å². The fraction of sp³-hybridized carbons (Fsp3) is 0.800. The van der Waals surface area contributed by atoms with Gasteiger partial charge in [0.1, 0.15) is 0 Å². The van der Waals surface area contributed by atoms with Gasteiger partial charge in [0.15, 0.2) is 0 Å². The van der Waals surface area contributed by atoms with Crippen LogP contribution in [0.5, 0.6) is 0 Å². The first-order valence-electron chi connectivity index (χ1n) is 5.23. The van der Waals surface area contributed by atoms with Crippen molar-refractivity contribution >= 4 is 23.1 Å². The molecule has 1 saturated heterocycles. The SMILES string of the molecule is NC(=S)CC(=O)N1CC2CCCC2C1. The molecule has 0 radical (unpaired) electrons. The van der Waals surface area contributed by atoms with Crippen LogP contribution in [-0.2, 0) is 4.79 Å². The zero-order chi connectivity index (χ0) is 10.1. The van der Waals surface area contributed by atoms with E-state index in [4.69, 9.17) is 18.0 Å². The number of rotatable bonds is 2. The molecule has 2 fully saturated rings. The van der Waals surface area contributed by atoms with Gasteiger partial charge in [0.2, 0.25) is 5.91 Å². The van der Waals surface area contributed by atoms with E-state index in [1.807, 2.05) is 4.90 Å². The van der Waals surface area contributed by atoms with Crippen molar-refractivity contribution in [1.29, 1.82) is 0 Å². The monoisotopic (exact) mass is 212 g/mol. The average Bonchev–Trinajstić information content (AvgIpc) is 2.58. The van der Waals surface area contributed by atoms with E-state index in [-0.39, 0.29) is 12.3 Å². The summed E-state index contributed by atoms with van der Waals surface area (Å²) in [5.41, 5.74) is 5.36. The normalized spacial score (nSPS) is 30.4. The van der Waals surface area contributed by atoms with Gasteiger partial charge < -0.3 is 10.6 Å². The maximum absolute atomic E-state index is 11.6. The number of carbonyl (C=O) groups excluding carboxylic acids is 1. The molecule has 2 unspecified atom stereocenters. The fourth-order valence-electron chi connectivity index (χ4n) is 2.70. The van der Waals surface area contributed by atoms with Crippen molar-refractivity contribution in [2.24, 2.45) is 17.6 Å². The van der Waals surface area contributed by atoms with Gasteiger partial charge in [-0.3, -0.25) is 4.79 Å². The number of thiocarbonyl (C=S) groups is 1. The van der Waals surface area contributed by atoms with Crippen LogP contribution in [0.3, 0.4) is 0 Å². The summed E-state index contributed by atoms with van der Waals surface area (Å²) >= 11 is 4.74. The number of hydrogen-bond donors (Lipinski definition) is 1. The van der Waals surface area contributed by atoms with Crippen LogP contribution in [0.4, 0.5) is 0 Å². The lowest BCUT2D eigenvalue weighted by Gasteiger charge is -2.16. The quantitative estimate of drug-likeness (QED) is 0.692. The van der Waals surface area contributed by atoms with Crippen LogP contribution >= 0.6 is 12.2 Å². The van der Waals surface area contributed by atoms with Crippen molar-refractivity contribution in [1.82, 2.24) is 4.90 Å². The summed E-state index contributed by atoms with van der Waals surface area (Å²) in [5, 5.41) is 0. The van der Waals surface area contributed by atoms with Crippen LogP contribution in [0, 0.1) is 11.8 Å². The van der Waals surface area contributed by atoms with Crippen LogP contribution in [0.1, 0.15) is 25.7 Å². The second-order valence-corrected chi connectivity index (χ2v) is 4.92. The number of fused-ring (bicyclic) bond motifs is 1. The fourth-order valence-corrected chi connectivity index (χ4v) is 2.82. The molecule has 4 heteroatoms. The number of likely N-dealkylation sites (tertiary alicyclic amines) is 1. The van der Waals surface area contributed by atoms with E-state index in [2.05, 4.69) is 0 Å². The van der Waals surface area contributed by atoms with Crippen LogP contribution in [0.25, 0.3) is 0 Å². The smallest absolute Gasteiger partial charge is 0.229 e. The summed E-state index contributed by atoms with van der Waals surface area (Å²) in [6, 6.07) is 0. The molecule has 1 amide bonds. The van der Waals surface area contributed by atoms with Gasteiger partial charge in [0.05, 0.1) is 11.4 Å². The summed E-state index contributed by atoms with van der Waals surface area (Å²) in [6.45, 7) is 1.87. The molecule has 1 aliphatic heterocycles. The van der Waals surface area contributed by atoms with Crippen molar-refractivity contribution in [3.8, 4) is 0 Å². The van der Waals surface area contributed by atoms with E-state index >= 15 is 0 Å². The molecule has 2 N–H and O–H groups in total. The number of nitrogens with zero attached hydrogens (tertiary/aromatic N) is 1. The molecule has 0 spiro atoms. The average molecular weight is 212 g/mol. The van der Waals surface area contributed by atoms with Gasteiger partial charge >= 0.3 is 0 Å². The lowest BCUT2D eigenvalue weighted by atomic mass is 10.0. The second kappa shape index (κ2) is 3.85. The molecule has 0 aromatic carbocycles. The Morgan fingerprint density at radius 2 is 1.93 bits per heavy atom. The molecule has 2 rings (SSSR count). The highest BCUT2D eigenvalue weighted by molar-refractivity contribution is 7.80. The molecule has 1 heterocycles. The summed E-state index contributed by atoms with van der Waals surface area (Å²) in [7, 11) is 0. The molecule has 0 aromatic rings. The molecule has 1 saturated carbocycles. The first kappa shape index (κ1) is 9.90. The van der Waals surface area contributed by atoms with Crippen LogP contribution < -0.4 is 5.73 Å². The Labute approximate surface area is 89.6 Å². The zero-order valence-electron chi connectivity index (χ0n) is 8.24. The minimum atomic E-state index is 0.117. The van der Waals surface area contributed by atoms with Crippen LogP contribution in [-0.4, -0.2) is 28.9 Å². The van der Waals surface area contributed by atoms with Gasteiger partial charge in [0.25, 0.3) is 0 Å². The van der Waals surface area contributed by atoms with Gasteiger partial charge in [-0.05, 0) is 24.7 Å². The molecule has 2 atom stereocenters. The van der Waals surface area contributed by atoms with Crippen LogP contribution in [0.15, 0.2) is 0 Å². The lowest BCUT2D eigenvalue weighted by Crippen LogP contribution is -2.32. The maximum Gasteiger partial charge on any atom is 0.229 e.